The van der Waals surface area contributed by atoms with Gasteiger partial charge in [0.15, 0.2) is 0 Å². The van der Waals surface area contributed by atoms with Gasteiger partial charge in [-0.25, -0.2) is 0 Å². The van der Waals surface area contributed by atoms with Gasteiger partial charge in [0, 0.05) is 31.6 Å². The minimum absolute atomic E-state index is 0.130. The van der Waals surface area contributed by atoms with E-state index in [1.807, 2.05) is 30.3 Å². The molecule has 1 fully saturated rings. The monoisotopic (exact) mass is 487 g/mol. The molecule has 1 N–H and O–H groups in total. The largest absolute Gasteiger partial charge is 0.418 e. The van der Waals surface area contributed by atoms with Crippen LogP contribution in [0.3, 0.4) is 0 Å². The molecule has 0 saturated carbocycles. The number of nitrogens with zero attached hydrogens (tertiary/aromatic N) is 2. The number of alkyl halides is 3. The molecule has 1 aliphatic heterocycles. The van der Waals surface area contributed by atoms with Crippen molar-refractivity contribution in [3.63, 3.8) is 0 Å². The van der Waals surface area contributed by atoms with Crippen LogP contribution in [0, 0.1) is 5.92 Å². The van der Waals surface area contributed by atoms with Crippen LogP contribution in [0.4, 0.5) is 18.9 Å². The highest BCUT2D eigenvalue weighted by Gasteiger charge is 2.34. The first-order valence-electron chi connectivity index (χ1n) is 11.5. The molecule has 9 heteroatoms. The lowest BCUT2D eigenvalue weighted by molar-refractivity contribution is -0.141. The summed E-state index contributed by atoms with van der Waals surface area (Å²) in [6, 6.07) is 14.2. The second kappa shape index (κ2) is 11.7. The number of hydrogen-bond donors (Lipinski definition) is 1. The molecule has 6 nitrogen and oxygen atoms in total. The van der Waals surface area contributed by atoms with Crippen molar-refractivity contribution in [3.8, 4) is 0 Å². The molecule has 0 radical (unpaired) electrons. The molecule has 3 rings (SSSR count). The Hall–Kier alpha value is -3.62. The van der Waals surface area contributed by atoms with E-state index in [1.165, 1.54) is 29.2 Å². The van der Waals surface area contributed by atoms with E-state index >= 15 is 0 Å². The van der Waals surface area contributed by atoms with Gasteiger partial charge in [-0.3, -0.25) is 14.4 Å². The van der Waals surface area contributed by atoms with E-state index in [-0.39, 0.29) is 36.5 Å². The Morgan fingerprint density at radius 3 is 2.29 bits per heavy atom. The lowest BCUT2D eigenvalue weighted by atomic mass is 9.95. The Kier molecular flexibility index (Phi) is 8.68. The van der Waals surface area contributed by atoms with Gasteiger partial charge in [0.1, 0.15) is 0 Å². The topological polar surface area (TPSA) is 69.7 Å². The van der Waals surface area contributed by atoms with Crippen molar-refractivity contribution in [3.05, 3.63) is 71.8 Å². The standard InChI is InChI=1S/C26H28F3N3O3/c1-2-31(18-23(33)30-22-11-7-6-10-21(22)26(27,28)29)25(35)20-14-16-32(17-15-20)24(34)13-12-19-8-4-3-5-9-19/h3-13,20H,2,14-18H2,1H3,(H,30,33)/b13-12+. The van der Waals surface area contributed by atoms with Gasteiger partial charge in [0.05, 0.1) is 17.8 Å². The average molecular weight is 488 g/mol. The van der Waals surface area contributed by atoms with Crippen LogP contribution in [0.25, 0.3) is 6.08 Å². The molecule has 1 heterocycles. The molecule has 0 aromatic heterocycles. The zero-order valence-corrected chi connectivity index (χ0v) is 19.4. The summed E-state index contributed by atoms with van der Waals surface area (Å²) in [5, 5.41) is 2.28. The van der Waals surface area contributed by atoms with Crippen molar-refractivity contribution in [1.29, 1.82) is 0 Å². The van der Waals surface area contributed by atoms with Gasteiger partial charge in [0.25, 0.3) is 0 Å². The maximum Gasteiger partial charge on any atom is 0.418 e. The molecule has 1 saturated heterocycles. The maximum absolute atomic E-state index is 13.2. The smallest absolute Gasteiger partial charge is 0.339 e. The minimum Gasteiger partial charge on any atom is -0.339 e. The van der Waals surface area contributed by atoms with Gasteiger partial charge in [-0.05, 0) is 43.5 Å². The summed E-state index contributed by atoms with van der Waals surface area (Å²) < 4.78 is 39.5. The highest BCUT2D eigenvalue weighted by molar-refractivity contribution is 5.95. The van der Waals surface area contributed by atoms with Gasteiger partial charge >= 0.3 is 6.18 Å². The summed E-state index contributed by atoms with van der Waals surface area (Å²) in [4.78, 5) is 40.9. The molecule has 35 heavy (non-hydrogen) atoms. The van der Waals surface area contributed by atoms with Crippen molar-refractivity contribution >= 4 is 29.5 Å². The average Bonchev–Trinajstić information content (AvgIpc) is 2.86. The van der Waals surface area contributed by atoms with Crippen molar-refractivity contribution in [2.45, 2.75) is 25.9 Å². The second-order valence-corrected chi connectivity index (χ2v) is 8.29. The van der Waals surface area contributed by atoms with Gasteiger partial charge in [0.2, 0.25) is 17.7 Å². The summed E-state index contributed by atoms with van der Waals surface area (Å²) in [6.45, 7) is 2.43. The van der Waals surface area contributed by atoms with Crippen molar-refractivity contribution in [2.75, 3.05) is 31.5 Å². The number of likely N-dealkylation sites (N-methyl/N-ethyl adjacent to an activating group) is 1. The third-order valence-electron chi connectivity index (χ3n) is 5.91. The molecule has 2 aromatic carbocycles. The number of amides is 3. The summed E-state index contributed by atoms with van der Waals surface area (Å²) >= 11 is 0. The Balaban J connectivity index is 1.53. The number of rotatable bonds is 7. The van der Waals surface area contributed by atoms with E-state index in [0.29, 0.717) is 25.9 Å². The molecule has 186 valence electrons. The fourth-order valence-electron chi connectivity index (χ4n) is 3.99. The van der Waals surface area contributed by atoms with Crippen LogP contribution in [0.2, 0.25) is 0 Å². The SMILES string of the molecule is CCN(CC(=O)Nc1ccccc1C(F)(F)F)C(=O)C1CCN(C(=O)/C=C/c2ccccc2)CC1. The number of para-hydroxylation sites is 1. The predicted molar refractivity (Wildman–Crippen MR) is 127 cm³/mol. The molecule has 1 aliphatic rings. The molecule has 2 aromatic rings. The normalized spacial score (nSPS) is 14.7. The van der Waals surface area contributed by atoms with Crippen LogP contribution in [-0.4, -0.2) is 53.7 Å². The van der Waals surface area contributed by atoms with Gasteiger partial charge in [-0.2, -0.15) is 13.2 Å². The van der Waals surface area contributed by atoms with Crippen LogP contribution in [0.1, 0.15) is 30.9 Å². The Morgan fingerprint density at radius 2 is 1.66 bits per heavy atom. The maximum atomic E-state index is 13.2. The number of anilines is 1. The summed E-state index contributed by atoms with van der Waals surface area (Å²) in [7, 11) is 0. The molecule has 0 spiro atoms. The van der Waals surface area contributed by atoms with Crippen LogP contribution >= 0.6 is 0 Å². The molecule has 0 bridgehead atoms. The van der Waals surface area contributed by atoms with E-state index in [2.05, 4.69) is 5.32 Å². The lowest BCUT2D eigenvalue weighted by Gasteiger charge is -2.33. The fraction of sp³-hybridized carbons (Fsp3) is 0.346. The number of piperidine rings is 1. The van der Waals surface area contributed by atoms with Crippen LogP contribution < -0.4 is 5.32 Å². The molecule has 0 unspecified atom stereocenters. The van der Waals surface area contributed by atoms with Crippen LogP contribution in [-0.2, 0) is 20.6 Å². The second-order valence-electron chi connectivity index (χ2n) is 8.29. The first-order chi connectivity index (χ1) is 16.7. The summed E-state index contributed by atoms with van der Waals surface area (Å²) in [6.07, 6.45) is -0.434. The van der Waals surface area contributed by atoms with E-state index in [4.69, 9.17) is 0 Å². The Labute approximate surface area is 202 Å². The van der Waals surface area contributed by atoms with Gasteiger partial charge in [-0.1, -0.05) is 42.5 Å². The van der Waals surface area contributed by atoms with E-state index in [0.717, 1.165) is 11.6 Å². The quantitative estimate of drug-likeness (QED) is 0.587. The third kappa shape index (κ3) is 7.18. The Bertz CT molecular complexity index is 1060. The number of likely N-dealkylation sites (tertiary alicyclic amines) is 1. The zero-order valence-electron chi connectivity index (χ0n) is 19.4. The Morgan fingerprint density at radius 1 is 1.03 bits per heavy atom. The fourth-order valence-corrected chi connectivity index (χ4v) is 3.99. The van der Waals surface area contributed by atoms with E-state index in [1.54, 1.807) is 17.9 Å². The van der Waals surface area contributed by atoms with E-state index in [9.17, 15) is 27.6 Å². The highest BCUT2D eigenvalue weighted by atomic mass is 19.4. The third-order valence-corrected chi connectivity index (χ3v) is 5.91. The van der Waals surface area contributed by atoms with Crippen LogP contribution in [0.15, 0.2) is 60.7 Å². The van der Waals surface area contributed by atoms with Crippen molar-refractivity contribution < 1.29 is 27.6 Å². The lowest BCUT2D eigenvalue weighted by Crippen LogP contribution is -2.46. The number of carbonyl (C=O) groups is 3. The minimum atomic E-state index is -4.61. The van der Waals surface area contributed by atoms with Gasteiger partial charge < -0.3 is 15.1 Å². The van der Waals surface area contributed by atoms with Gasteiger partial charge in [-0.15, -0.1) is 0 Å². The van der Waals surface area contributed by atoms with Crippen molar-refractivity contribution in [2.24, 2.45) is 5.92 Å². The van der Waals surface area contributed by atoms with Crippen molar-refractivity contribution in [1.82, 2.24) is 9.80 Å². The molecule has 0 atom stereocenters. The number of carbonyl (C=O) groups excluding carboxylic acids is 3. The van der Waals surface area contributed by atoms with Crippen LogP contribution in [0.5, 0.6) is 0 Å². The molecular formula is C26H28F3N3O3. The van der Waals surface area contributed by atoms with E-state index < -0.39 is 17.6 Å². The highest BCUT2D eigenvalue weighted by Crippen LogP contribution is 2.34. The number of nitrogens with one attached hydrogen (secondary N) is 1. The first kappa shape index (κ1) is 26.0. The molecule has 0 aliphatic carbocycles. The summed E-state index contributed by atoms with van der Waals surface area (Å²) in [5.74, 6) is -1.42. The first-order valence-corrected chi connectivity index (χ1v) is 11.5. The summed E-state index contributed by atoms with van der Waals surface area (Å²) in [5.41, 5.74) is -0.370. The zero-order chi connectivity index (χ0) is 25.4. The number of benzene rings is 2. The molecular weight excluding hydrogens is 459 g/mol. The predicted octanol–water partition coefficient (Wildman–Crippen LogP) is 4.44. The number of halogens is 3. The molecule has 3 amide bonds. The number of hydrogen-bond acceptors (Lipinski definition) is 3.